The van der Waals surface area contributed by atoms with Crippen LogP contribution in [0.15, 0.2) is 24.3 Å². The van der Waals surface area contributed by atoms with Crippen molar-refractivity contribution in [3.8, 4) is 5.75 Å². The fourth-order valence-corrected chi connectivity index (χ4v) is 2.23. The van der Waals surface area contributed by atoms with E-state index in [-0.39, 0.29) is 24.3 Å². The smallest absolute Gasteiger partial charge is 0.266 e. The molecule has 0 saturated carbocycles. The highest BCUT2D eigenvalue weighted by Crippen LogP contribution is 2.29. The lowest BCUT2D eigenvalue weighted by atomic mass is 10.1. The van der Waals surface area contributed by atoms with Crippen LogP contribution >= 0.6 is 0 Å². The van der Waals surface area contributed by atoms with E-state index in [9.17, 15) is 9.59 Å². The van der Waals surface area contributed by atoms with Crippen LogP contribution in [0.3, 0.4) is 0 Å². The first-order valence-corrected chi connectivity index (χ1v) is 6.96. The van der Waals surface area contributed by atoms with Crippen LogP contribution in [0, 0.1) is 0 Å². The molecule has 0 aliphatic carbocycles. The largest absolute Gasteiger partial charge is 0.478 e. The van der Waals surface area contributed by atoms with Gasteiger partial charge in [0.1, 0.15) is 5.75 Å². The number of fused-ring (bicyclic) bond motifs is 1. The highest BCUT2D eigenvalue weighted by Gasteiger charge is 2.29. The summed E-state index contributed by atoms with van der Waals surface area (Å²) in [6.07, 6.45) is 1.20. The Morgan fingerprint density at radius 3 is 2.95 bits per heavy atom. The molecule has 0 spiro atoms. The number of benzene rings is 1. The first kappa shape index (κ1) is 14.4. The van der Waals surface area contributed by atoms with Gasteiger partial charge in [-0.3, -0.25) is 9.59 Å². The molecular weight excluding hydrogens is 256 g/mol. The summed E-state index contributed by atoms with van der Waals surface area (Å²) in [5.74, 6) is 0.166. The number of hydrogen-bond acceptors (Lipinski definition) is 3. The Kier molecular flexibility index (Phi) is 4.61. The third kappa shape index (κ3) is 3.50. The minimum Gasteiger partial charge on any atom is -0.478 e. The maximum absolute atomic E-state index is 11.9. The summed E-state index contributed by atoms with van der Waals surface area (Å²) < 4.78 is 5.58. The van der Waals surface area contributed by atoms with Gasteiger partial charge in [0.15, 0.2) is 6.10 Å². The number of amides is 2. The van der Waals surface area contributed by atoms with Gasteiger partial charge in [-0.25, -0.2) is 0 Å². The van der Waals surface area contributed by atoms with Crippen LogP contribution in [0.1, 0.15) is 33.1 Å². The van der Waals surface area contributed by atoms with Crippen LogP contribution in [0.25, 0.3) is 0 Å². The van der Waals surface area contributed by atoms with Crippen molar-refractivity contribution in [3.63, 3.8) is 0 Å². The van der Waals surface area contributed by atoms with E-state index in [1.54, 1.807) is 12.1 Å². The first-order chi connectivity index (χ1) is 9.60. The molecule has 20 heavy (non-hydrogen) atoms. The second-order valence-electron chi connectivity index (χ2n) is 5.05. The van der Waals surface area contributed by atoms with Crippen LogP contribution in [0.4, 0.5) is 5.69 Å². The monoisotopic (exact) mass is 276 g/mol. The van der Waals surface area contributed by atoms with Crippen molar-refractivity contribution in [1.29, 1.82) is 0 Å². The number of carbonyl (C=O) groups excluding carboxylic acids is 2. The van der Waals surface area contributed by atoms with Crippen molar-refractivity contribution >= 4 is 17.5 Å². The van der Waals surface area contributed by atoms with E-state index in [0.29, 0.717) is 11.4 Å². The number of hydrogen-bond donors (Lipinski definition) is 2. The van der Waals surface area contributed by atoms with Gasteiger partial charge in [0, 0.05) is 6.04 Å². The van der Waals surface area contributed by atoms with Gasteiger partial charge in [0.2, 0.25) is 5.91 Å². The summed E-state index contributed by atoms with van der Waals surface area (Å²) in [7, 11) is 0. The maximum Gasteiger partial charge on any atom is 0.266 e. The summed E-state index contributed by atoms with van der Waals surface area (Å²) in [6, 6.07) is 7.32. The zero-order valence-corrected chi connectivity index (χ0v) is 11.8. The van der Waals surface area contributed by atoms with Crippen LogP contribution in [0.5, 0.6) is 5.75 Å². The van der Waals surface area contributed by atoms with Crippen molar-refractivity contribution in [3.05, 3.63) is 24.3 Å². The van der Waals surface area contributed by atoms with Gasteiger partial charge in [-0.15, -0.1) is 0 Å². The molecule has 1 aromatic carbocycles. The molecule has 1 aliphatic heterocycles. The lowest BCUT2D eigenvalue weighted by Gasteiger charge is -2.25. The van der Waals surface area contributed by atoms with Gasteiger partial charge >= 0.3 is 0 Å². The zero-order chi connectivity index (χ0) is 14.5. The fourth-order valence-electron chi connectivity index (χ4n) is 2.23. The molecule has 0 bridgehead atoms. The molecule has 1 aromatic rings. The Labute approximate surface area is 118 Å². The molecule has 5 nitrogen and oxygen atoms in total. The number of nitrogens with one attached hydrogen (secondary N) is 2. The Balaban J connectivity index is 1.94. The third-order valence-electron chi connectivity index (χ3n) is 3.21. The molecule has 0 aromatic heterocycles. The topological polar surface area (TPSA) is 67.4 Å². The van der Waals surface area contributed by atoms with E-state index in [4.69, 9.17) is 4.74 Å². The Morgan fingerprint density at radius 1 is 1.45 bits per heavy atom. The molecule has 2 N–H and O–H groups in total. The molecule has 1 heterocycles. The molecule has 2 atom stereocenters. The van der Waals surface area contributed by atoms with Crippen LogP contribution in [0.2, 0.25) is 0 Å². The van der Waals surface area contributed by atoms with Gasteiger partial charge in [-0.05, 0) is 25.5 Å². The summed E-state index contributed by atoms with van der Waals surface area (Å²) >= 11 is 0. The van der Waals surface area contributed by atoms with Gasteiger partial charge in [0.05, 0.1) is 12.1 Å². The number of anilines is 1. The van der Waals surface area contributed by atoms with Gasteiger partial charge in [0.25, 0.3) is 5.91 Å². The summed E-state index contributed by atoms with van der Waals surface area (Å²) in [6.45, 7) is 4.02. The Hall–Kier alpha value is -2.04. The SMILES string of the molecule is CCCC(C)NC(=O)CC1Oc2ccccc2NC1=O. The molecule has 5 heteroatoms. The predicted octanol–water partition coefficient (Wildman–Crippen LogP) is 2.08. The molecule has 2 unspecified atom stereocenters. The lowest BCUT2D eigenvalue weighted by Crippen LogP contribution is -2.42. The highest BCUT2D eigenvalue weighted by atomic mass is 16.5. The fraction of sp³-hybridized carbons (Fsp3) is 0.467. The minimum atomic E-state index is -0.765. The van der Waals surface area contributed by atoms with Gasteiger partial charge < -0.3 is 15.4 Å². The van der Waals surface area contributed by atoms with E-state index in [2.05, 4.69) is 17.6 Å². The normalized spacial score (nSPS) is 18.5. The molecule has 108 valence electrons. The van der Waals surface area contributed by atoms with E-state index in [0.717, 1.165) is 12.8 Å². The maximum atomic E-state index is 11.9. The summed E-state index contributed by atoms with van der Waals surface area (Å²) in [5, 5.41) is 5.62. The standard InChI is InChI=1S/C15H20N2O3/c1-3-6-10(2)16-14(18)9-13-15(19)17-11-7-4-5-8-12(11)20-13/h4-5,7-8,10,13H,3,6,9H2,1-2H3,(H,16,18)(H,17,19). The van der Waals surface area contributed by atoms with E-state index < -0.39 is 6.10 Å². The first-order valence-electron chi connectivity index (χ1n) is 6.96. The lowest BCUT2D eigenvalue weighted by molar-refractivity contribution is -0.130. The van der Waals surface area contributed by atoms with E-state index in [1.807, 2.05) is 19.1 Å². The van der Waals surface area contributed by atoms with Crippen molar-refractivity contribution in [2.24, 2.45) is 0 Å². The van der Waals surface area contributed by atoms with Crippen molar-refractivity contribution in [2.75, 3.05) is 5.32 Å². The third-order valence-corrected chi connectivity index (χ3v) is 3.21. The van der Waals surface area contributed by atoms with Crippen LogP contribution in [-0.4, -0.2) is 24.0 Å². The van der Waals surface area contributed by atoms with Crippen molar-refractivity contribution < 1.29 is 14.3 Å². The van der Waals surface area contributed by atoms with Crippen LogP contribution in [-0.2, 0) is 9.59 Å². The van der Waals surface area contributed by atoms with Crippen molar-refractivity contribution in [1.82, 2.24) is 5.32 Å². The number of rotatable bonds is 5. The van der Waals surface area contributed by atoms with Gasteiger partial charge in [-0.1, -0.05) is 25.5 Å². The molecule has 0 radical (unpaired) electrons. The molecule has 1 aliphatic rings. The zero-order valence-electron chi connectivity index (χ0n) is 11.8. The Bertz CT molecular complexity index is 502. The average molecular weight is 276 g/mol. The quantitative estimate of drug-likeness (QED) is 0.865. The minimum absolute atomic E-state index is 0.0359. The molecule has 0 saturated heterocycles. The number of carbonyl (C=O) groups is 2. The second-order valence-corrected chi connectivity index (χ2v) is 5.05. The van der Waals surface area contributed by atoms with E-state index in [1.165, 1.54) is 0 Å². The van der Waals surface area contributed by atoms with Crippen LogP contribution < -0.4 is 15.4 Å². The molecule has 2 amide bonds. The molecule has 2 rings (SSSR count). The predicted molar refractivity (Wildman–Crippen MR) is 76.6 cm³/mol. The average Bonchev–Trinajstić information content (AvgIpc) is 2.39. The van der Waals surface area contributed by atoms with Crippen molar-refractivity contribution in [2.45, 2.75) is 45.3 Å². The Morgan fingerprint density at radius 2 is 2.20 bits per heavy atom. The second kappa shape index (κ2) is 6.41. The number of ether oxygens (including phenoxy) is 1. The summed E-state index contributed by atoms with van der Waals surface area (Å²) in [5.41, 5.74) is 0.647. The highest BCUT2D eigenvalue weighted by molar-refractivity contribution is 5.99. The summed E-state index contributed by atoms with van der Waals surface area (Å²) in [4.78, 5) is 23.8. The molecular formula is C15H20N2O3. The number of para-hydroxylation sites is 2. The van der Waals surface area contributed by atoms with E-state index >= 15 is 0 Å². The molecule has 0 fully saturated rings. The van der Waals surface area contributed by atoms with Gasteiger partial charge in [-0.2, -0.15) is 0 Å².